The summed E-state index contributed by atoms with van der Waals surface area (Å²) in [5, 5.41) is 26.3. The van der Waals surface area contributed by atoms with Crippen molar-refractivity contribution in [1.29, 1.82) is 0 Å². The molecule has 0 fully saturated rings. The average molecular weight is 497 g/mol. The van der Waals surface area contributed by atoms with E-state index in [-0.39, 0.29) is 31.9 Å². The molecule has 4 atom stereocenters. The van der Waals surface area contributed by atoms with Gasteiger partial charge < -0.3 is 31.5 Å². The van der Waals surface area contributed by atoms with Gasteiger partial charge in [0.1, 0.15) is 11.8 Å². The van der Waals surface area contributed by atoms with Crippen LogP contribution in [0.2, 0.25) is 0 Å². The van der Waals surface area contributed by atoms with Crippen molar-refractivity contribution in [2.24, 2.45) is 17.4 Å². The highest BCUT2D eigenvalue weighted by Crippen LogP contribution is 2.16. The zero-order valence-corrected chi connectivity index (χ0v) is 19.8. The molecule has 0 saturated carbocycles. The van der Waals surface area contributed by atoms with Crippen molar-refractivity contribution < 1.29 is 48.0 Å². The van der Waals surface area contributed by atoms with Crippen molar-refractivity contribution in [2.75, 3.05) is 20.0 Å². The monoisotopic (exact) mass is 496 g/mol. The predicted octanol–water partition coefficient (Wildman–Crippen LogP) is 2.31. The van der Waals surface area contributed by atoms with E-state index in [9.17, 15) is 28.0 Å². The number of carboxylic acid groups (broad SMARTS) is 3. The molecule has 12 heteroatoms. The van der Waals surface area contributed by atoms with Gasteiger partial charge in [-0.15, -0.1) is 0 Å². The maximum atomic E-state index is 11.8. The van der Waals surface area contributed by atoms with Gasteiger partial charge in [0, 0.05) is 13.0 Å². The molecule has 0 rings (SSSR count). The summed E-state index contributed by atoms with van der Waals surface area (Å²) in [7, 11) is 0. The van der Waals surface area contributed by atoms with Crippen molar-refractivity contribution in [3.63, 3.8) is 0 Å². The van der Waals surface area contributed by atoms with Crippen LogP contribution >= 0.6 is 0 Å². The van der Waals surface area contributed by atoms with E-state index in [2.05, 4.69) is 0 Å². The van der Waals surface area contributed by atoms with Gasteiger partial charge in [0.05, 0.1) is 25.3 Å². The molecule has 7 N–H and O–H groups in total. The van der Waals surface area contributed by atoms with Crippen molar-refractivity contribution in [1.82, 2.24) is 0 Å². The number of rotatable bonds is 20. The first-order chi connectivity index (χ1) is 16.0. The molecule has 0 bridgehead atoms. The number of ketones is 1. The molecule has 0 aromatic heterocycles. The molecule has 0 aromatic rings. The second-order valence-corrected chi connectivity index (χ2v) is 8.01. The van der Waals surface area contributed by atoms with E-state index < -0.39 is 48.7 Å². The number of hydrogen-bond acceptors (Lipinski definition) is 7. The largest absolute Gasteiger partial charge is 0.481 e. The first kappa shape index (κ1) is 34.0. The fourth-order valence-electron chi connectivity index (χ4n) is 2.82. The number of unbranched alkanes of at least 4 members (excludes halogenated alkanes) is 5. The number of halogens is 2. The standard InChI is InChI=1S/C12H22FNO3.C10H18FNO5/c1-9(15)11(14)8-10(12(16)17)6-4-2-3-5-7-13;11-4-2-1-3-5-17-8(10(15)16)6-7(12)9(13)14/h10-11H,2-8,14H2,1H3,(H,16,17);7-8H,1-6,12H2,(H,13,14)(H,15,16)/i13-1;11-1. The topological polar surface area (TPSA) is 190 Å². The molecule has 0 amide bonds. The quantitative estimate of drug-likeness (QED) is 0.156. The minimum atomic E-state index is -1.27. The van der Waals surface area contributed by atoms with Crippen molar-refractivity contribution in [2.45, 2.75) is 89.3 Å². The summed E-state index contributed by atoms with van der Waals surface area (Å²) in [5.74, 6) is -4.18. The number of hydrogen-bond donors (Lipinski definition) is 5. The van der Waals surface area contributed by atoms with Crippen LogP contribution in [0, 0.1) is 5.92 Å². The average Bonchev–Trinajstić information content (AvgIpc) is 2.76. The van der Waals surface area contributed by atoms with Crippen LogP contribution in [0.15, 0.2) is 0 Å². The van der Waals surface area contributed by atoms with Crippen LogP contribution in [0.1, 0.15) is 71.1 Å². The molecule has 0 saturated heterocycles. The number of nitrogens with two attached hydrogens (primary N) is 2. The fraction of sp³-hybridized carbons (Fsp3) is 0.818. The van der Waals surface area contributed by atoms with E-state index in [1.165, 1.54) is 6.92 Å². The van der Waals surface area contributed by atoms with Gasteiger partial charge in [0.25, 0.3) is 0 Å². The lowest BCUT2D eigenvalue weighted by molar-refractivity contribution is -0.152. The van der Waals surface area contributed by atoms with E-state index in [0.29, 0.717) is 32.1 Å². The third-order valence-electron chi connectivity index (χ3n) is 5.00. The molecular weight excluding hydrogens is 456 g/mol. The van der Waals surface area contributed by atoms with Gasteiger partial charge in [-0.2, -0.15) is 0 Å². The summed E-state index contributed by atoms with van der Waals surface area (Å²) in [6.45, 7) is 0.790. The van der Waals surface area contributed by atoms with E-state index in [4.69, 9.17) is 31.5 Å². The Hall–Kier alpha value is -2.18. The predicted molar refractivity (Wildman–Crippen MR) is 121 cm³/mol. The molecule has 4 unspecified atom stereocenters. The van der Waals surface area contributed by atoms with Gasteiger partial charge in [0.2, 0.25) is 0 Å². The summed E-state index contributed by atoms with van der Waals surface area (Å²) in [6, 6.07) is -1.95. The normalized spacial score (nSPS) is 14.3. The van der Waals surface area contributed by atoms with Crippen LogP contribution < -0.4 is 11.5 Å². The molecule has 10 nitrogen and oxygen atoms in total. The summed E-state index contributed by atoms with van der Waals surface area (Å²) < 4.78 is 28.6. The molecule has 0 aromatic carbocycles. The van der Waals surface area contributed by atoms with Gasteiger partial charge in [-0.05, 0) is 45.4 Å². The summed E-state index contributed by atoms with van der Waals surface area (Å²) >= 11 is 0. The first-order valence-corrected chi connectivity index (χ1v) is 11.4. The number of ether oxygens (including phenoxy) is 1. The van der Waals surface area contributed by atoms with E-state index in [0.717, 1.165) is 19.3 Å². The Morgan fingerprint density at radius 2 is 1.26 bits per heavy atom. The van der Waals surface area contributed by atoms with Crippen LogP contribution in [-0.4, -0.2) is 77.2 Å². The summed E-state index contributed by atoms with van der Waals surface area (Å²) in [5.41, 5.74) is 10.8. The molecular formula is C22H40F2N2O8. The lowest BCUT2D eigenvalue weighted by Gasteiger charge is -2.15. The maximum Gasteiger partial charge on any atom is 0.332 e. The fourth-order valence-corrected chi connectivity index (χ4v) is 2.82. The summed E-state index contributed by atoms with van der Waals surface area (Å²) in [6.07, 6.45) is 3.60. The van der Waals surface area contributed by atoms with Crippen LogP contribution in [0.5, 0.6) is 0 Å². The Morgan fingerprint density at radius 3 is 1.71 bits per heavy atom. The van der Waals surface area contributed by atoms with Crippen LogP contribution in [0.4, 0.5) is 8.78 Å². The second kappa shape index (κ2) is 21.4. The highest BCUT2D eigenvalue weighted by Gasteiger charge is 2.25. The summed E-state index contributed by atoms with van der Waals surface area (Å²) in [4.78, 5) is 43.1. The third-order valence-corrected chi connectivity index (χ3v) is 5.00. The van der Waals surface area contributed by atoms with E-state index in [1.54, 1.807) is 0 Å². The van der Waals surface area contributed by atoms with Crippen molar-refractivity contribution in [3.05, 3.63) is 0 Å². The molecule has 0 aliphatic rings. The minimum Gasteiger partial charge on any atom is -0.481 e. The molecule has 34 heavy (non-hydrogen) atoms. The van der Waals surface area contributed by atoms with Gasteiger partial charge in [-0.25, -0.2) is 4.79 Å². The SMILES string of the molecule is CC(=O)C(N)CC(CCCCCC[18F])C(=O)O.NC(CC(OCCCCC[18F])C(=O)O)C(=O)O. The highest BCUT2D eigenvalue weighted by molar-refractivity contribution is 5.82. The molecule has 0 aliphatic heterocycles. The zero-order chi connectivity index (χ0) is 26.5. The Kier molecular flexibility index (Phi) is 21.4. The second-order valence-electron chi connectivity index (χ2n) is 8.01. The Bertz CT molecular complexity index is 545. The Balaban J connectivity index is 0. The van der Waals surface area contributed by atoms with E-state index >= 15 is 0 Å². The first-order valence-electron chi connectivity index (χ1n) is 11.4. The van der Waals surface area contributed by atoms with Gasteiger partial charge >= 0.3 is 17.9 Å². The Morgan fingerprint density at radius 1 is 0.735 bits per heavy atom. The number of alkyl halides is 2. The zero-order valence-electron chi connectivity index (χ0n) is 19.8. The number of carbonyl (C=O) groups excluding carboxylic acids is 1. The smallest absolute Gasteiger partial charge is 0.332 e. The lowest BCUT2D eigenvalue weighted by atomic mass is 9.93. The minimum absolute atomic E-state index is 0.156. The van der Waals surface area contributed by atoms with Gasteiger partial charge in [0.15, 0.2) is 6.10 Å². The maximum absolute atomic E-state index is 11.8. The van der Waals surface area contributed by atoms with Gasteiger partial charge in [-0.3, -0.25) is 23.2 Å². The third kappa shape index (κ3) is 19.3. The molecule has 0 heterocycles. The van der Waals surface area contributed by atoms with Crippen LogP contribution in [0.3, 0.4) is 0 Å². The Labute approximate surface area is 199 Å². The van der Waals surface area contributed by atoms with Crippen molar-refractivity contribution >= 4 is 23.7 Å². The number of carboxylic acids is 3. The molecule has 0 spiro atoms. The van der Waals surface area contributed by atoms with Crippen LogP contribution in [0.25, 0.3) is 0 Å². The highest BCUT2D eigenvalue weighted by atomic mass is 18.2. The molecule has 0 aliphatic carbocycles. The lowest BCUT2D eigenvalue weighted by Crippen LogP contribution is -2.38. The van der Waals surface area contributed by atoms with E-state index in [1.807, 2.05) is 0 Å². The number of aliphatic carboxylic acids is 3. The molecule has 200 valence electrons. The van der Waals surface area contributed by atoms with Crippen molar-refractivity contribution in [3.8, 4) is 0 Å². The van der Waals surface area contributed by atoms with Crippen LogP contribution in [-0.2, 0) is 23.9 Å². The number of carbonyl (C=O) groups is 4. The number of Topliss-reactive ketones (excluding diaryl/α,β-unsaturated/α-hetero) is 1. The molecule has 0 radical (unpaired) electrons. The van der Waals surface area contributed by atoms with Gasteiger partial charge in [-0.1, -0.05) is 19.3 Å².